The predicted octanol–water partition coefficient (Wildman–Crippen LogP) is 11.4. The summed E-state index contributed by atoms with van der Waals surface area (Å²) in [7, 11) is 0. The number of para-hydroxylation sites is 2. The molecule has 0 saturated heterocycles. The van der Waals surface area contributed by atoms with Gasteiger partial charge in [0.05, 0.1) is 22.6 Å². The normalized spacial score (nSPS) is 14.8. The van der Waals surface area contributed by atoms with Crippen molar-refractivity contribution >= 4 is 87.7 Å². The molecule has 4 heteroatoms. The van der Waals surface area contributed by atoms with E-state index in [1.165, 1.54) is 53.9 Å². The molecule has 0 fully saturated rings. The number of furan rings is 1. The van der Waals surface area contributed by atoms with Crippen molar-refractivity contribution in [3.63, 3.8) is 0 Å². The van der Waals surface area contributed by atoms with Gasteiger partial charge in [-0.1, -0.05) is 121 Å². The fourth-order valence-corrected chi connectivity index (χ4v) is 8.10. The Morgan fingerprint density at radius 3 is 1.81 bits per heavy atom. The molecule has 224 valence electrons. The second-order valence-corrected chi connectivity index (χ2v) is 12.8. The third-order valence-corrected chi connectivity index (χ3v) is 10.2. The molecular weight excluding hydrogens is 587 g/mol. The maximum atomic E-state index is 6.54. The van der Waals surface area contributed by atoms with Gasteiger partial charge < -0.3 is 9.73 Å². The van der Waals surface area contributed by atoms with Crippen LogP contribution in [0.2, 0.25) is 0 Å². The van der Waals surface area contributed by atoms with Gasteiger partial charge in [0.2, 0.25) is 11.8 Å². The highest BCUT2D eigenvalue weighted by molar-refractivity contribution is 6.25. The lowest BCUT2D eigenvalue weighted by atomic mass is 9.90. The van der Waals surface area contributed by atoms with Crippen LogP contribution in [0.3, 0.4) is 0 Å². The van der Waals surface area contributed by atoms with Crippen molar-refractivity contribution in [2.24, 2.45) is 4.99 Å². The molecule has 8 aromatic carbocycles. The SMILES string of the molecule is c1ccc2cc3c(cc2c1)c1ccccc1n3C1=Nc2oc3ccccc3c2C(c2ccc3c4ccccc4c4ccccc4c3c2)N1. The number of benzene rings is 8. The number of nitrogens with zero attached hydrogens (tertiary/aromatic N) is 2. The van der Waals surface area contributed by atoms with Gasteiger partial charge in [-0.25, -0.2) is 0 Å². The Kier molecular flexibility index (Phi) is 5.13. The number of hydrogen-bond acceptors (Lipinski definition) is 3. The van der Waals surface area contributed by atoms with Gasteiger partial charge in [0.1, 0.15) is 5.58 Å². The Morgan fingerprint density at radius 1 is 0.479 bits per heavy atom. The molecule has 0 bridgehead atoms. The molecule has 4 nitrogen and oxygen atoms in total. The van der Waals surface area contributed by atoms with Gasteiger partial charge in [-0.3, -0.25) is 4.57 Å². The van der Waals surface area contributed by atoms with E-state index in [1.807, 2.05) is 12.1 Å². The van der Waals surface area contributed by atoms with Gasteiger partial charge in [0, 0.05) is 16.2 Å². The minimum absolute atomic E-state index is 0.192. The highest BCUT2D eigenvalue weighted by atomic mass is 16.3. The van der Waals surface area contributed by atoms with E-state index < -0.39 is 0 Å². The van der Waals surface area contributed by atoms with Crippen LogP contribution in [0.15, 0.2) is 161 Å². The van der Waals surface area contributed by atoms with Crippen LogP contribution in [-0.2, 0) is 0 Å². The van der Waals surface area contributed by atoms with Gasteiger partial charge in [-0.2, -0.15) is 4.99 Å². The zero-order valence-electron chi connectivity index (χ0n) is 25.8. The quantitative estimate of drug-likeness (QED) is 0.187. The van der Waals surface area contributed by atoms with Crippen LogP contribution >= 0.6 is 0 Å². The third kappa shape index (κ3) is 3.52. The molecule has 2 aromatic heterocycles. The van der Waals surface area contributed by atoms with E-state index in [2.05, 4.69) is 149 Å². The fourth-order valence-electron chi connectivity index (χ4n) is 8.10. The molecule has 3 heterocycles. The van der Waals surface area contributed by atoms with Crippen molar-refractivity contribution < 1.29 is 4.42 Å². The van der Waals surface area contributed by atoms with Gasteiger partial charge in [-0.15, -0.1) is 0 Å². The molecule has 0 saturated carbocycles. The van der Waals surface area contributed by atoms with E-state index in [1.54, 1.807) is 0 Å². The first-order chi connectivity index (χ1) is 23.8. The summed E-state index contributed by atoms with van der Waals surface area (Å²) < 4.78 is 8.81. The van der Waals surface area contributed by atoms with E-state index in [4.69, 9.17) is 9.41 Å². The summed E-state index contributed by atoms with van der Waals surface area (Å²) in [6, 6.07) is 54.2. The lowest BCUT2D eigenvalue weighted by Gasteiger charge is -2.26. The van der Waals surface area contributed by atoms with E-state index in [9.17, 15) is 0 Å². The number of aliphatic imine (C=N–C) groups is 1. The Labute approximate surface area is 275 Å². The first kappa shape index (κ1) is 25.8. The Morgan fingerprint density at radius 2 is 1.06 bits per heavy atom. The lowest BCUT2D eigenvalue weighted by Crippen LogP contribution is -2.36. The highest BCUT2D eigenvalue weighted by Crippen LogP contribution is 2.44. The average Bonchev–Trinajstić information content (AvgIpc) is 3.68. The molecule has 1 unspecified atom stereocenters. The zero-order valence-corrected chi connectivity index (χ0v) is 25.8. The summed E-state index contributed by atoms with van der Waals surface area (Å²) in [4.78, 5) is 5.24. The number of rotatable bonds is 1. The molecule has 0 amide bonds. The largest absolute Gasteiger partial charge is 0.438 e. The van der Waals surface area contributed by atoms with Crippen LogP contribution in [-0.4, -0.2) is 10.5 Å². The Hall–Kier alpha value is -6.39. The second-order valence-electron chi connectivity index (χ2n) is 12.8. The summed E-state index contributed by atoms with van der Waals surface area (Å²) in [5.41, 5.74) is 5.27. The molecule has 0 aliphatic carbocycles. The van der Waals surface area contributed by atoms with Gasteiger partial charge >= 0.3 is 0 Å². The van der Waals surface area contributed by atoms with Crippen molar-refractivity contribution in [3.8, 4) is 0 Å². The molecule has 1 aliphatic heterocycles. The first-order valence-electron chi connectivity index (χ1n) is 16.4. The van der Waals surface area contributed by atoms with Crippen molar-refractivity contribution in [3.05, 3.63) is 163 Å². The lowest BCUT2D eigenvalue weighted by molar-refractivity contribution is 0.601. The Balaban J connectivity index is 1.19. The monoisotopic (exact) mass is 613 g/mol. The highest BCUT2D eigenvalue weighted by Gasteiger charge is 2.31. The van der Waals surface area contributed by atoms with Crippen LogP contribution in [0.5, 0.6) is 0 Å². The first-order valence-corrected chi connectivity index (χ1v) is 16.4. The third-order valence-electron chi connectivity index (χ3n) is 10.2. The van der Waals surface area contributed by atoms with E-state index in [-0.39, 0.29) is 6.04 Å². The summed E-state index contributed by atoms with van der Waals surface area (Å²) >= 11 is 0. The van der Waals surface area contributed by atoms with Crippen molar-refractivity contribution in [2.45, 2.75) is 6.04 Å². The molecule has 10 aromatic rings. The topological polar surface area (TPSA) is 42.5 Å². The van der Waals surface area contributed by atoms with Crippen LogP contribution in [0, 0.1) is 0 Å². The van der Waals surface area contributed by atoms with Crippen LogP contribution in [0.1, 0.15) is 17.2 Å². The van der Waals surface area contributed by atoms with Crippen molar-refractivity contribution in [1.82, 2.24) is 9.88 Å². The molecule has 0 spiro atoms. The molecule has 48 heavy (non-hydrogen) atoms. The number of fused-ring (bicyclic) bond motifs is 13. The van der Waals surface area contributed by atoms with Gasteiger partial charge in [0.25, 0.3) is 0 Å². The smallest absolute Gasteiger partial charge is 0.228 e. The van der Waals surface area contributed by atoms with E-state index >= 15 is 0 Å². The molecule has 1 aliphatic rings. The fraction of sp³-hybridized carbons (Fsp3) is 0.0227. The summed E-state index contributed by atoms with van der Waals surface area (Å²) in [6.45, 7) is 0. The summed E-state index contributed by atoms with van der Waals surface area (Å²) in [6.07, 6.45) is 0. The minimum atomic E-state index is -0.192. The van der Waals surface area contributed by atoms with E-state index in [0.717, 1.165) is 39.1 Å². The van der Waals surface area contributed by atoms with Gasteiger partial charge in [0.15, 0.2) is 0 Å². The Bertz CT molecular complexity index is 2960. The zero-order chi connectivity index (χ0) is 31.3. The van der Waals surface area contributed by atoms with Crippen LogP contribution in [0.25, 0.3) is 75.9 Å². The molecule has 1 atom stereocenters. The van der Waals surface area contributed by atoms with E-state index in [0.29, 0.717) is 5.88 Å². The molecule has 1 N–H and O–H groups in total. The number of hydrogen-bond donors (Lipinski definition) is 1. The maximum Gasteiger partial charge on any atom is 0.228 e. The minimum Gasteiger partial charge on any atom is -0.438 e. The standard InChI is InChI=1S/C44H27N3O/c1-2-12-27-25-39-37(23-26(27)11-1)34-17-7-9-19-38(34)47(39)44-45-42(41-35-18-8-10-20-40(35)48-43(41)46-44)28-21-22-33-31-15-4-3-13-29(31)30-14-5-6-16-32(30)36(33)24-28/h1-25,42H,(H,45,46). The second kappa shape index (κ2) is 9.57. The predicted molar refractivity (Wildman–Crippen MR) is 200 cm³/mol. The molecule has 0 radical (unpaired) electrons. The molecular formula is C44H27N3O. The van der Waals surface area contributed by atoms with Crippen LogP contribution < -0.4 is 5.32 Å². The number of nitrogens with one attached hydrogen (secondary N) is 1. The summed E-state index contributed by atoms with van der Waals surface area (Å²) in [5.74, 6) is 1.39. The molecule has 11 rings (SSSR count). The number of aromatic nitrogens is 1. The van der Waals surface area contributed by atoms with Crippen molar-refractivity contribution in [2.75, 3.05) is 0 Å². The summed E-state index contributed by atoms with van der Waals surface area (Å²) in [5, 5.41) is 17.4. The van der Waals surface area contributed by atoms with Crippen LogP contribution in [0.4, 0.5) is 5.88 Å². The van der Waals surface area contributed by atoms with Crippen molar-refractivity contribution in [1.29, 1.82) is 0 Å². The van der Waals surface area contributed by atoms with Gasteiger partial charge in [-0.05, 0) is 79.0 Å². The maximum absolute atomic E-state index is 6.54. The average molecular weight is 614 g/mol.